The lowest BCUT2D eigenvalue weighted by Gasteiger charge is -2.10. The fraction of sp³-hybridized carbons (Fsp3) is 0.417. The Morgan fingerprint density at radius 2 is 1.08 bits per heavy atom. The van der Waals surface area contributed by atoms with Crippen molar-refractivity contribution in [1.82, 2.24) is 0 Å². The Labute approximate surface area is 159 Å². The largest absolute Gasteiger partial charge is 0.252 e. The topological polar surface area (TPSA) is 24.7 Å². The summed E-state index contributed by atoms with van der Waals surface area (Å²) < 4.78 is 0. The third-order valence-corrected chi connectivity index (χ3v) is 4.38. The Bertz CT molecular complexity index is 772. The van der Waals surface area contributed by atoms with Crippen LogP contribution < -0.4 is 0 Å². The minimum absolute atomic E-state index is 0.889. The molecule has 0 aliphatic heterocycles. The molecule has 0 N–H and O–H groups in total. The number of aryl methyl sites for hydroxylation is 4. The molecule has 2 nitrogen and oxygen atoms in total. The van der Waals surface area contributed by atoms with Gasteiger partial charge in [0, 0.05) is 0 Å². The second-order valence-electron chi connectivity index (χ2n) is 7.27. The predicted molar refractivity (Wildman–Crippen MR) is 116 cm³/mol. The minimum atomic E-state index is 0.889. The molecule has 0 saturated carbocycles. The Kier molecular flexibility index (Phi) is 7.32. The highest BCUT2D eigenvalue weighted by atomic mass is 14.8. The van der Waals surface area contributed by atoms with Crippen LogP contribution in [0.2, 0.25) is 0 Å². The van der Waals surface area contributed by atoms with E-state index in [9.17, 15) is 0 Å². The quantitative estimate of drug-likeness (QED) is 0.467. The highest BCUT2D eigenvalue weighted by molar-refractivity contribution is 6.43. The number of hydrogen-bond acceptors (Lipinski definition) is 2. The van der Waals surface area contributed by atoms with E-state index in [1.54, 1.807) is 0 Å². The van der Waals surface area contributed by atoms with Crippen molar-refractivity contribution in [1.29, 1.82) is 0 Å². The lowest BCUT2D eigenvalue weighted by Crippen LogP contribution is -2.13. The van der Waals surface area contributed by atoms with Gasteiger partial charge in [0.2, 0.25) is 0 Å². The molecule has 0 fully saturated rings. The van der Waals surface area contributed by atoms with Crippen molar-refractivity contribution >= 4 is 22.8 Å². The molecule has 0 bridgehead atoms. The van der Waals surface area contributed by atoms with E-state index in [-0.39, 0.29) is 0 Å². The first kappa shape index (κ1) is 20.1. The van der Waals surface area contributed by atoms with Gasteiger partial charge in [-0.3, -0.25) is 9.98 Å². The van der Waals surface area contributed by atoms with E-state index in [0.717, 1.165) is 48.5 Å². The molecular weight excluding hydrogens is 316 g/mol. The molecule has 0 spiro atoms. The van der Waals surface area contributed by atoms with Gasteiger partial charge in [0.25, 0.3) is 0 Å². The maximum absolute atomic E-state index is 5.02. The van der Waals surface area contributed by atoms with Gasteiger partial charge in [-0.05, 0) is 93.5 Å². The van der Waals surface area contributed by atoms with Crippen molar-refractivity contribution in [2.45, 2.75) is 67.2 Å². The van der Waals surface area contributed by atoms with Crippen molar-refractivity contribution in [2.75, 3.05) is 0 Å². The molecule has 0 amide bonds. The summed E-state index contributed by atoms with van der Waals surface area (Å²) in [5.74, 6) is 0. The van der Waals surface area contributed by atoms with Crippen molar-refractivity contribution in [3.8, 4) is 0 Å². The van der Waals surface area contributed by atoms with Gasteiger partial charge < -0.3 is 0 Å². The fourth-order valence-electron chi connectivity index (χ4n) is 3.30. The molecule has 0 heterocycles. The van der Waals surface area contributed by atoms with Gasteiger partial charge in [0.05, 0.1) is 22.8 Å². The number of aliphatic imine (C=N–C) groups is 2. The van der Waals surface area contributed by atoms with E-state index >= 15 is 0 Å². The monoisotopic (exact) mass is 348 g/mol. The summed E-state index contributed by atoms with van der Waals surface area (Å²) >= 11 is 0. The Hall–Kier alpha value is -2.22. The van der Waals surface area contributed by atoms with Crippen LogP contribution in [0, 0.1) is 27.7 Å². The number of unbranched alkanes of at least 4 members (excludes halogenated alkanes) is 1. The van der Waals surface area contributed by atoms with Crippen LogP contribution in [0.3, 0.4) is 0 Å². The molecule has 2 aromatic rings. The first-order valence-corrected chi connectivity index (χ1v) is 9.73. The first-order valence-electron chi connectivity index (χ1n) is 9.73. The normalized spacial score (nSPS) is 12.5. The molecule has 138 valence electrons. The van der Waals surface area contributed by atoms with Crippen molar-refractivity contribution in [2.24, 2.45) is 9.98 Å². The number of rotatable bonds is 7. The van der Waals surface area contributed by atoms with Gasteiger partial charge in [0.15, 0.2) is 0 Å². The van der Waals surface area contributed by atoms with Gasteiger partial charge in [-0.25, -0.2) is 0 Å². The van der Waals surface area contributed by atoms with Crippen LogP contribution >= 0.6 is 0 Å². The van der Waals surface area contributed by atoms with Crippen LogP contribution in [0.25, 0.3) is 0 Å². The average Bonchev–Trinajstić information content (AvgIpc) is 2.55. The molecule has 0 unspecified atom stereocenters. The summed E-state index contributed by atoms with van der Waals surface area (Å²) in [6.07, 6.45) is 4.16. The maximum atomic E-state index is 5.02. The second kappa shape index (κ2) is 9.47. The zero-order chi connectivity index (χ0) is 19.1. The third-order valence-electron chi connectivity index (χ3n) is 4.38. The van der Waals surface area contributed by atoms with Crippen molar-refractivity contribution in [3.63, 3.8) is 0 Å². The predicted octanol–water partition coefficient (Wildman–Crippen LogP) is 7.37. The molecule has 26 heavy (non-hydrogen) atoms. The van der Waals surface area contributed by atoms with E-state index in [4.69, 9.17) is 9.98 Å². The van der Waals surface area contributed by atoms with E-state index < -0.39 is 0 Å². The third kappa shape index (κ3) is 5.94. The van der Waals surface area contributed by atoms with Gasteiger partial charge in [-0.2, -0.15) is 0 Å². The molecular formula is C24H32N2. The van der Waals surface area contributed by atoms with Gasteiger partial charge >= 0.3 is 0 Å². The van der Waals surface area contributed by atoms with E-state index in [2.05, 4.69) is 77.9 Å². The van der Waals surface area contributed by atoms with Crippen LogP contribution in [-0.2, 0) is 0 Å². The van der Waals surface area contributed by atoms with Crippen LogP contribution in [0.1, 0.15) is 61.8 Å². The Morgan fingerprint density at radius 1 is 0.654 bits per heavy atom. The molecule has 2 heteroatoms. The highest BCUT2D eigenvalue weighted by Gasteiger charge is 2.09. The van der Waals surface area contributed by atoms with E-state index in [1.165, 1.54) is 22.3 Å². The van der Waals surface area contributed by atoms with Gasteiger partial charge in [0.1, 0.15) is 0 Å². The smallest absolute Gasteiger partial charge is 0.0639 e. The Balaban J connectivity index is 2.47. The molecule has 2 rings (SSSR count). The zero-order valence-electron chi connectivity index (χ0n) is 17.2. The highest BCUT2D eigenvalue weighted by Crippen LogP contribution is 2.22. The summed E-state index contributed by atoms with van der Waals surface area (Å²) in [5.41, 5.74) is 9.30. The molecule has 0 radical (unpaired) electrons. The summed E-state index contributed by atoms with van der Waals surface area (Å²) in [5, 5.41) is 0. The summed E-state index contributed by atoms with van der Waals surface area (Å²) in [4.78, 5) is 9.99. The molecule has 0 aromatic heterocycles. The lowest BCUT2D eigenvalue weighted by molar-refractivity contribution is 0.837. The SMILES string of the molecule is CCCCC(=Nc1cc(C)cc(C)c1)C(CC)=Nc1cc(C)cc(C)c1. The zero-order valence-corrected chi connectivity index (χ0v) is 17.2. The van der Waals surface area contributed by atoms with Gasteiger partial charge in [-0.1, -0.05) is 32.4 Å². The molecule has 0 saturated heterocycles. The summed E-state index contributed by atoms with van der Waals surface area (Å²) in [7, 11) is 0. The summed E-state index contributed by atoms with van der Waals surface area (Å²) in [6, 6.07) is 13.0. The van der Waals surface area contributed by atoms with E-state index in [0.29, 0.717) is 0 Å². The molecule has 0 atom stereocenters. The summed E-state index contributed by atoms with van der Waals surface area (Å²) in [6.45, 7) is 12.9. The number of nitrogens with zero attached hydrogens (tertiary/aromatic N) is 2. The molecule has 0 aliphatic carbocycles. The molecule has 0 aliphatic rings. The second-order valence-corrected chi connectivity index (χ2v) is 7.27. The lowest BCUT2D eigenvalue weighted by atomic mass is 10.0. The number of benzene rings is 2. The van der Waals surface area contributed by atoms with Gasteiger partial charge in [-0.15, -0.1) is 0 Å². The fourth-order valence-corrected chi connectivity index (χ4v) is 3.30. The number of hydrogen-bond donors (Lipinski definition) is 0. The van der Waals surface area contributed by atoms with Crippen LogP contribution in [0.15, 0.2) is 46.4 Å². The van der Waals surface area contributed by atoms with Crippen LogP contribution in [-0.4, -0.2) is 11.4 Å². The standard InChI is InChI=1S/C24H32N2/c1-7-9-10-24(26-22-15-19(5)12-20(6)16-22)23(8-2)25-21-13-17(3)11-18(4)14-21/h11-16H,7-10H2,1-6H3. The van der Waals surface area contributed by atoms with Crippen molar-refractivity contribution < 1.29 is 0 Å². The van der Waals surface area contributed by atoms with Crippen molar-refractivity contribution in [3.05, 3.63) is 58.7 Å². The Morgan fingerprint density at radius 3 is 1.46 bits per heavy atom. The average molecular weight is 349 g/mol. The first-order chi connectivity index (χ1) is 12.4. The minimum Gasteiger partial charge on any atom is -0.252 e. The molecule has 2 aromatic carbocycles. The van der Waals surface area contributed by atoms with Crippen LogP contribution in [0.5, 0.6) is 0 Å². The van der Waals surface area contributed by atoms with E-state index in [1.807, 2.05) is 0 Å². The van der Waals surface area contributed by atoms with Crippen LogP contribution in [0.4, 0.5) is 11.4 Å². The maximum Gasteiger partial charge on any atom is 0.0639 e.